The third kappa shape index (κ3) is 6.55. The van der Waals surface area contributed by atoms with Crippen molar-refractivity contribution in [2.24, 2.45) is 0 Å². The largest absolute Gasteiger partial charge is 0.481 e. The second-order valence-electron chi connectivity index (χ2n) is 3.38. The van der Waals surface area contributed by atoms with E-state index < -0.39 is 25.5 Å². The topological polar surface area (TPSA) is 124 Å². The molecule has 2 atom stereocenters. The van der Waals surface area contributed by atoms with E-state index in [-0.39, 0.29) is 19.0 Å². The van der Waals surface area contributed by atoms with E-state index in [0.717, 1.165) is 0 Å². The zero-order chi connectivity index (χ0) is 12.8. The van der Waals surface area contributed by atoms with Gasteiger partial charge in [-0.25, -0.2) is 5.09 Å². The summed E-state index contributed by atoms with van der Waals surface area (Å²) in [5.74, 6) is -2.47. The highest BCUT2D eigenvalue weighted by Crippen LogP contribution is 2.36. The van der Waals surface area contributed by atoms with Gasteiger partial charge in [-0.3, -0.25) is 14.2 Å². The molecule has 0 heterocycles. The average Bonchev–Trinajstić information content (AvgIpc) is 2.11. The molecule has 0 aliphatic rings. The van der Waals surface area contributed by atoms with E-state index in [4.69, 9.17) is 10.2 Å². The van der Waals surface area contributed by atoms with Gasteiger partial charge < -0.3 is 15.1 Å². The van der Waals surface area contributed by atoms with Gasteiger partial charge in [0.25, 0.3) is 7.52 Å². The number of nitrogens with one attached hydrogen (secondary N) is 1. The van der Waals surface area contributed by atoms with Crippen LogP contribution in [-0.4, -0.2) is 39.2 Å². The molecular formula is C8H16NO6P. The number of hydrogen-bond acceptors (Lipinski definition) is 3. The number of carbonyl (C=O) groups is 2. The van der Waals surface area contributed by atoms with E-state index in [1.54, 1.807) is 6.92 Å². The van der Waals surface area contributed by atoms with Crippen LogP contribution < -0.4 is 5.09 Å². The highest BCUT2D eigenvalue weighted by Gasteiger charge is 2.27. The molecule has 0 aliphatic heterocycles. The molecule has 0 radical (unpaired) electrons. The van der Waals surface area contributed by atoms with Gasteiger partial charge in [-0.15, -0.1) is 0 Å². The fourth-order valence-electron chi connectivity index (χ4n) is 1.12. The monoisotopic (exact) mass is 253 g/mol. The molecule has 0 aromatic carbocycles. The van der Waals surface area contributed by atoms with E-state index in [0.29, 0.717) is 6.42 Å². The fraction of sp³-hybridized carbons (Fsp3) is 0.750. The molecule has 0 aromatic heterocycles. The van der Waals surface area contributed by atoms with E-state index >= 15 is 0 Å². The lowest BCUT2D eigenvalue weighted by Crippen LogP contribution is -2.35. The minimum atomic E-state index is -3.69. The lowest BCUT2D eigenvalue weighted by molar-refractivity contribution is -0.140. The highest BCUT2D eigenvalue weighted by molar-refractivity contribution is 7.55. The maximum Gasteiger partial charge on any atom is 0.321 e. The molecule has 16 heavy (non-hydrogen) atoms. The molecular weight excluding hydrogens is 237 g/mol. The number of carboxylic acid groups (broad SMARTS) is 2. The molecule has 0 aliphatic carbocycles. The van der Waals surface area contributed by atoms with Crippen LogP contribution >= 0.6 is 7.52 Å². The molecule has 0 spiro atoms. The van der Waals surface area contributed by atoms with Gasteiger partial charge in [0.2, 0.25) is 0 Å². The lowest BCUT2D eigenvalue weighted by atomic mass is 10.2. The average molecular weight is 253 g/mol. The standard InChI is InChI=1S/C8H16NO6P/c1-2-5-16(14,15)9-6(8(12)13)3-4-7(10)11/h6H,2-5H2,1H3,(H,10,11)(H,12,13)(H2,9,14,15)/t6-/m0/s1. The molecule has 1 unspecified atom stereocenters. The van der Waals surface area contributed by atoms with Crippen LogP contribution in [-0.2, 0) is 14.2 Å². The SMILES string of the molecule is CCCP(=O)(O)N[C@@H](CCC(=O)O)C(=O)O. The summed E-state index contributed by atoms with van der Waals surface area (Å²) in [5, 5.41) is 19.2. The number of rotatable bonds is 8. The van der Waals surface area contributed by atoms with E-state index in [1.807, 2.05) is 0 Å². The van der Waals surface area contributed by atoms with Crippen LogP contribution in [0.2, 0.25) is 0 Å². The summed E-state index contributed by atoms with van der Waals surface area (Å²) in [7, 11) is -3.69. The first kappa shape index (κ1) is 15.1. The molecule has 7 nitrogen and oxygen atoms in total. The first-order valence-corrected chi connectivity index (χ1v) is 6.67. The van der Waals surface area contributed by atoms with Gasteiger partial charge >= 0.3 is 11.9 Å². The third-order valence-corrected chi connectivity index (χ3v) is 3.60. The molecule has 0 aromatic rings. The predicted octanol–water partition coefficient (Wildman–Crippen LogP) is 0.489. The smallest absolute Gasteiger partial charge is 0.321 e. The third-order valence-electron chi connectivity index (χ3n) is 1.83. The lowest BCUT2D eigenvalue weighted by Gasteiger charge is -2.18. The van der Waals surface area contributed by atoms with Crippen molar-refractivity contribution in [3.8, 4) is 0 Å². The van der Waals surface area contributed by atoms with E-state index in [1.165, 1.54) is 0 Å². The van der Waals surface area contributed by atoms with Crippen molar-refractivity contribution in [1.82, 2.24) is 5.09 Å². The second-order valence-corrected chi connectivity index (χ2v) is 5.49. The predicted molar refractivity (Wildman–Crippen MR) is 56.4 cm³/mol. The summed E-state index contributed by atoms with van der Waals surface area (Å²) in [5.41, 5.74) is 0. The summed E-state index contributed by atoms with van der Waals surface area (Å²) in [6.45, 7) is 1.69. The maximum absolute atomic E-state index is 11.4. The zero-order valence-corrected chi connectivity index (χ0v) is 9.81. The van der Waals surface area contributed by atoms with Crippen molar-refractivity contribution in [2.45, 2.75) is 32.2 Å². The molecule has 94 valence electrons. The normalized spacial score (nSPS) is 16.4. The first-order valence-electron chi connectivity index (χ1n) is 4.82. The Morgan fingerprint density at radius 2 is 1.94 bits per heavy atom. The van der Waals surface area contributed by atoms with Crippen LogP contribution in [0.4, 0.5) is 0 Å². The Hall–Kier alpha value is -0.910. The Morgan fingerprint density at radius 1 is 1.38 bits per heavy atom. The summed E-state index contributed by atoms with van der Waals surface area (Å²) >= 11 is 0. The van der Waals surface area contributed by atoms with E-state index in [9.17, 15) is 19.0 Å². The van der Waals surface area contributed by atoms with Gasteiger partial charge in [0.1, 0.15) is 6.04 Å². The molecule has 0 saturated carbocycles. The summed E-state index contributed by atoms with van der Waals surface area (Å²) in [6, 6.07) is -1.31. The number of carboxylic acids is 2. The molecule has 0 fully saturated rings. The Kier molecular flexibility index (Phi) is 6.25. The summed E-state index contributed by atoms with van der Waals surface area (Å²) < 4.78 is 11.4. The van der Waals surface area contributed by atoms with Crippen molar-refractivity contribution in [3.63, 3.8) is 0 Å². The van der Waals surface area contributed by atoms with Crippen LogP contribution in [0.1, 0.15) is 26.2 Å². The van der Waals surface area contributed by atoms with Crippen LogP contribution in [0.5, 0.6) is 0 Å². The van der Waals surface area contributed by atoms with Gasteiger partial charge in [-0.05, 0) is 12.8 Å². The van der Waals surface area contributed by atoms with Crippen LogP contribution in [0, 0.1) is 0 Å². The fourth-order valence-corrected chi connectivity index (χ4v) is 2.58. The Balaban J connectivity index is 4.39. The van der Waals surface area contributed by atoms with Gasteiger partial charge in [-0.1, -0.05) is 6.92 Å². The second kappa shape index (κ2) is 6.62. The van der Waals surface area contributed by atoms with Crippen molar-refractivity contribution in [1.29, 1.82) is 0 Å². The molecule has 0 amide bonds. The van der Waals surface area contributed by atoms with Gasteiger partial charge in [0, 0.05) is 12.6 Å². The molecule has 0 saturated heterocycles. The van der Waals surface area contributed by atoms with Crippen LogP contribution in [0.3, 0.4) is 0 Å². The summed E-state index contributed by atoms with van der Waals surface area (Å²) in [6.07, 6.45) is -0.190. The highest BCUT2D eigenvalue weighted by atomic mass is 31.2. The molecule has 0 bridgehead atoms. The number of hydrogen-bond donors (Lipinski definition) is 4. The summed E-state index contributed by atoms with van der Waals surface area (Å²) in [4.78, 5) is 30.3. The quantitative estimate of drug-likeness (QED) is 0.464. The first-order chi connectivity index (χ1) is 7.28. The van der Waals surface area contributed by atoms with Crippen LogP contribution in [0.15, 0.2) is 0 Å². The number of aliphatic carboxylic acids is 2. The minimum absolute atomic E-state index is 0.0378. The van der Waals surface area contributed by atoms with Crippen LogP contribution in [0.25, 0.3) is 0 Å². The van der Waals surface area contributed by atoms with Gasteiger partial charge in [-0.2, -0.15) is 0 Å². The van der Waals surface area contributed by atoms with Crippen molar-refractivity contribution < 1.29 is 29.3 Å². The zero-order valence-electron chi connectivity index (χ0n) is 8.92. The van der Waals surface area contributed by atoms with Crippen molar-refractivity contribution >= 4 is 19.5 Å². The minimum Gasteiger partial charge on any atom is -0.481 e. The van der Waals surface area contributed by atoms with Gasteiger partial charge in [0.15, 0.2) is 0 Å². The van der Waals surface area contributed by atoms with Crippen molar-refractivity contribution in [3.05, 3.63) is 0 Å². The van der Waals surface area contributed by atoms with E-state index in [2.05, 4.69) is 5.09 Å². The Morgan fingerprint density at radius 3 is 2.31 bits per heavy atom. The molecule has 8 heteroatoms. The van der Waals surface area contributed by atoms with Crippen molar-refractivity contribution in [2.75, 3.05) is 6.16 Å². The Bertz CT molecular complexity index is 305. The maximum atomic E-state index is 11.4. The molecule has 0 rings (SSSR count). The Labute approximate surface area is 93.0 Å². The molecule has 4 N–H and O–H groups in total. The van der Waals surface area contributed by atoms with Gasteiger partial charge in [0.05, 0.1) is 0 Å².